The van der Waals surface area contributed by atoms with Crippen LogP contribution in [-0.4, -0.2) is 13.9 Å². The summed E-state index contributed by atoms with van der Waals surface area (Å²) < 4.78 is 17.1. The number of hydrogen-bond donors (Lipinski definition) is 1. The molecule has 1 aliphatic rings. The third-order valence-corrected chi connectivity index (χ3v) is 4.06. The topological polar surface area (TPSA) is 39.7 Å². The SMILES string of the molecule is COc1cc(CNc2cc(Cl)ccc2Br)cc2c1OCO2. The Morgan fingerprint density at radius 1 is 1.29 bits per heavy atom. The van der Waals surface area contributed by atoms with Crippen LogP contribution in [0.4, 0.5) is 5.69 Å². The number of rotatable bonds is 4. The van der Waals surface area contributed by atoms with Crippen molar-refractivity contribution in [3.63, 3.8) is 0 Å². The van der Waals surface area contributed by atoms with E-state index < -0.39 is 0 Å². The highest BCUT2D eigenvalue weighted by Crippen LogP contribution is 2.42. The minimum Gasteiger partial charge on any atom is -0.493 e. The maximum atomic E-state index is 6.01. The van der Waals surface area contributed by atoms with E-state index in [1.807, 2.05) is 30.3 Å². The number of halogens is 2. The van der Waals surface area contributed by atoms with Gasteiger partial charge in [0.25, 0.3) is 0 Å². The molecule has 0 amide bonds. The van der Waals surface area contributed by atoms with E-state index in [1.54, 1.807) is 7.11 Å². The van der Waals surface area contributed by atoms with E-state index in [4.69, 9.17) is 25.8 Å². The number of fused-ring (bicyclic) bond motifs is 1. The van der Waals surface area contributed by atoms with Gasteiger partial charge in [-0.25, -0.2) is 0 Å². The summed E-state index contributed by atoms with van der Waals surface area (Å²) in [4.78, 5) is 0. The smallest absolute Gasteiger partial charge is 0.231 e. The highest BCUT2D eigenvalue weighted by Gasteiger charge is 2.20. The van der Waals surface area contributed by atoms with Crippen LogP contribution in [0.15, 0.2) is 34.8 Å². The van der Waals surface area contributed by atoms with Crippen molar-refractivity contribution in [2.75, 3.05) is 19.2 Å². The van der Waals surface area contributed by atoms with Crippen molar-refractivity contribution in [2.24, 2.45) is 0 Å². The molecular formula is C15H13BrClNO3. The Morgan fingerprint density at radius 3 is 2.95 bits per heavy atom. The van der Waals surface area contributed by atoms with Gasteiger partial charge in [0.15, 0.2) is 11.5 Å². The predicted octanol–water partition coefficient (Wildman–Crippen LogP) is 4.45. The highest BCUT2D eigenvalue weighted by molar-refractivity contribution is 9.10. The Labute approximate surface area is 136 Å². The Hall–Kier alpha value is -1.59. The Kier molecular flexibility index (Phi) is 4.12. The van der Waals surface area contributed by atoms with E-state index in [1.165, 1.54) is 0 Å². The molecule has 4 nitrogen and oxygen atoms in total. The van der Waals surface area contributed by atoms with Gasteiger partial charge in [-0.2, -0.15) is 0 Å². The first-order valence-electron chi connectivity index (χ1n) is 6.33. The average molecular weight is 371 g/mol. The molecule has 0 aromatic heterocycles. The van der Waals surface area contributed by atoms with E-state index >= 15 is 0 Å². The number of ether oxygens (including phenoxy) is 3. The lowest BCUT2D eigenvalue weighted by Gasteiger charge is -2.11. The molecule has 1 heterocycles. The van der Waals surface area contributed by atoms with Gasteiger partial charge >= 0.3 is 0 Å². The molecule has 1 aliphatic heterocycles. The van der Waals surface area contributed by atoms with Gasteiger partial charge in [0, 0.05) is 16.0 Å². The van der Waals surface area contributed by atoms with Gasteiger partial charge in [0.1, 0.15) is 0 Å². The van der Waals surface area contributed by atoms with Crippen molar-refractivity contribution in [2.45, 2.75) is 6.54 Å². The van der Waals surface area contributed by atoms with Gasteiger partial charge in [-0.3, -0.25) is 0 Å². The summed E-state index contributed by atoms with van der Waals surface area (Å²) in [6, 6.07) is 9.48. The van der Waals surface area contributed by atoms with Crippen LogP contribution in [0.3, 0.4) is 0 Å². The van der Waals surface area contributed by atoms with E-state index in [0.717, 1.165) is 15.7 Å². The number of hydrogen-bond acceptors (Lipinski definition) is 4. The molecule has 0 atom stereocenters. The monoisotopic (exact) mass is 369 g/mol. The highest BCUT2D eigenvalue weighted by atomic mass is 79.9. The number of methoxy groups -OCH3 is 1. The molecular weight excluding hydrogens is 358 g/mol. The predicted molar refractivity (Wildman–Crippen MR) is 85.6 cm³/mol. The first-order valence-corrected chi connectivity index (χ1v) is 7.50. The molecule has 0 radical (unpaired) electrons. The maximum absolute atomic E-state index is 6.01. The van der Waals surface area contributed by atoms with Gasteiger partial charge in [0.05, 0.1) is 12.8 Å². The van der Waals surface area contributed by atoms with Crippen molar-refractivity contribution in [3.05, 3.63) is 45.4 Å². The van der Waals surface area contributed by atoms with Gasteiger partial charge in [-0.05, 0) is 51.8 Å². The summed E-state index contributed by atoms with van der Waals surface area (Å²) >= 11 is 9.50. The lowest BCUT2D eigenvalue weighted by Crippen LogP contribution is -2.00. The molecule has 0 spiro atoms. The molecule has 2 aromatic carbocycles. The van der Waals surface area contributed by atoms with Crippen LogP contribution in [0.5, 0.6) is 17.2 Å². The molecule has 0 bridgehead atoms. The molecule has 0 fully saturated rings. The Balaban J connectivity index is 1.81. The summed E-state index contributed by atoms with van der Waals surface area (Å²) in [5.41, 5.74) is 1.96. The van der Waals surface area contributed by atoms with Crippen LogP contribution in [0.2, 0.25) is 5.02 Å². The number of anilines is 1. The van der Waals surface area contributed by atoms with Crippen LogP contribution in [-0.2, 0) is 6.54 Å². The standard InChI is InChI=1S/C15H13BrClNO3/c1-19-13-4-9(5-14-15(13)21-8-20-14)7-18-12-6-10(17)2-3-11(12)16/h2-6,18H,7-8H2,1H3. The van der Waals surface area contributed by atoms with Crippen molar-refractivity contribution in [1.82, 2.24) is 0 Å². The molecule has 0 saturated carbocycles. The van der Waals surface area contributed by atoms with E-state index in [9.17, 15) is 0 Å². The number of nitrogens with one attached hydrogen (secondary N) is 1. The molecule has 6 heteroatoms. The summed E-state index contributed by atoms with van der Waals surface area (Å²) in [5, 5.41) is 4.01. The van der Waals surface area contributed by atoms with Crippen molar-refractivity contribution in [1.29, 1.82) is 0 Å². The zero-order chi connectivity index (χ0) is 14.8. The minimum absolute atomic E-state index is 0.225. The summed E-state index contributed by atoms with van der Waals surface area (Å²) in [6.07, 6.45) is 0. The molecule has 1 N–H and O–H groups in total. The zero-order valence-electron chi connectivity index (χ0n) is 11.3. The molecule has 21 heavy (non-hydrogen) atoms. The van der Waals surface area contributed by atoms with Gasteiger partial charge in [-0.1, -0.05) is 11.6 Å². The molecule has 3 rings (SSSR count). The first-order chi connectivity index (χ1) is 10.2. The van der Waals surface area contributed by atoms with Crippen LogP contribution >= 0.6 is 27.5 Å². The summed E-state index contributed by atoms with van der Waals surface area (Å²) in [5.74, 6) is 2.04. The average Bonchev–Trinajstić information content (AvgIpc) is 2.95. The van der Waals surface area contributed by atoms with Crippen LogP contribution < -0.4 is 19.5 Å². The van der Waals surface area contributed by atoms with Gasteiger partial charge < -0.3 is 19.5 Å². The fraction of sp³-hybridized carbons (Fsp3) is 0.200. The summed E-state index contributed by atoms with van der Waals surface area (Å²) in [7, 11) is 1.61. The Bertz CT molecular complexity index is 678. The number of benzene rings is 2. The van der Waals surface area contributed by atoms with Crippen LogP contribution in [0.1, 0.15) is 5.56 Å². The molecule has 110 valence electrons. The third-order valence-electron chi connectivity index (χ3n) is 3.13. The second-order valence-electron chi connectivity index (χ2n) is 4.51. The van der Waals surface area contributed by atoms with Gasteiger partial charge in [0.2, 0.25) is 12.5 Å². The van der Waals surface area contributed by atoms with E-state index in [-0.39, 0.29) is 6.79 Å². The fourth-order valence-electron chi connectivity index (χ4n) is 2.12. The lowest BCUT2D eigenvalue weighted by atomic mass is 10.1. The normalized spacial score (nSPS) is 12.3. The fourth-order valence-corrected chi connectivity index (χ4v) is 2.68. The summed E-state index contributed by atoms with van der Waals surface area (Å²) in [6.45, 7) is 0.842. The second-order valence-corrected chi connectivity index (χ2v) is 5.80. The van der Waals surface area contributed by atoms with Gasteiger partial charge in [-0.15, -0.1) is 0 Å². The minimum atomic E-state index is 0.225. The molecule has 0 aliphatic carbocycles. The Morgan fingerprint density at radius 2 is 2.14 bits per heavy atom. The van der Waals surface area contributed by atoms with Crippen LogP contribution in [0.25, 0.3) is 0 Å². The lowest BCUT2D eigenvalue weighted by molar-refractivity contribution is 0.171. The van der Waals surface area contributed by atoms with Crippen LogP contribution in [0, 0.1) is 0 Å². The second kappa shape index (κ2) is 6.03. The van der Waals surface area contributed by atoms with Crippen molar-refractivity contribution in [3.8, 4) is 17.2 Å². The van der Waals surface area contributed by atoms with E-state index in [0.29, 0.717) is 28.8 Å². The maximum Gasteiger partial charge on any atom is 0.231 e. The molecule has 0 unspecified atom stereocenters. The van der Waals surface area contributed by atoms with Crippen molar-refractivity contribution >= 4 is 33.2 Å². The zero-order valence-corrected chi connectivity index (χ0v) is 13.6. The van der Waals surface area contributed by atoms with Crippen molar-refractivity contribution < 1.29 is 14.2 Å². The first kappa shape index (κ1) is 14.4. The third kappa shape index (κ3) is 3.04. The molecule has 2 aromatic rings. The van der Waals surface area contributed by atoms with E-state index in [2.05, 4.69) is 21.2 Å². The quantitative estimate of drug-likeness (QED) is 0.863. The molecule has 0 saturated heterocycles. The largest absolute Gasteiger partial charge is 0.493 e.